The standard InChI is InChI=1S/C17H23NO3/c1-18(17(19)11-13-4-2-3-5-13)12-14-6-7-15-16(10-14)21-9-8-20-15/h6-7,10,13H,2-5,8-9,11-12H2,1H3. The van der Waals surface area contributed by atoms with Crippen molar-refractivity contribution >= 4 is 5.91 Å². The molecule has 0 bridgehead atoms. The summed E-state index contributed by atoms with van der Waals surface area (Å²) in [7, 11) is 1.88. The summed E-state index contributed by atoms with van der Waals surface area (Å²) in [6, 6.07) is 5.92. The lowest BCUT2D eigenvalue weighted by molar-refractivity contribution is -0.131. The predicted octanol–water partition coefficient (Wildman–Crippen LogP) is 3.00. The van der Waals surface area contributed by atoms with Crippen LogP contribution in [0.25, 0.3) is 0 Å². The number of hydrogen-bond acceptors (Lipinski definition) is 3. The Bertz CT molecular complexity index is 509. The van der Waals surface area contributed by atoms with Gasteiger partial charge in [0.25, 0.3) is 0 Å². The summed E-state index contributed by atoms with van der Waals surface area (Å²) in [6.45, 7) is 1.82. The van der Waals surface area contributed by atoms with Gasteiger partial charge in [0.2, 0.25) is 5.91 Å². The zero-order valence-corrected chi connectivity index (χ0v) is 12.6. The fourth-order valence-corrected chi connectivity index (χ4v) is 3.17. The molecule has 114 valence electrons. The van der Waals surface area contributed by atoms with Crippen molar-refractivity contribution in [2.45, 2.75) is 38.6 Å². The zero-order valence-electron chi connectivity index (χ0n) is 12.6. The fraction of sp³-hybridized carbons (Fsp3) is 0.588. The Morgan fingerprint density at radius 3 is 2.67 bits per heavy atom. The topological polar surface area (TPSA) is 38.8 Å². The molecule has 1 aliphatic carbocycles. The van der Waals surface area contributed by atoms with Gasteiger partial charge in [-0.15, -0.1) is 0 Å². The zero-order chi connectivity index (χ0) is 14.7. The molecule has 4 heteroatoms. The molecule has 1 amide bonds. The quantitative estimate of drug-likeness (QED) is 0.855. The third-order valence-electron chi connectivity index (χ3n) is 4.39. The van der Waals surface area contributed by atoms with Gasteiger partial charge in [-0.2, -0.15) is 0 Å². The van der Waals surface area contributed by atoms with Gasteiger partial charge in [0, 0.05) is 20.0 Å². The number of rotatable bonds is 4. The van der Waals surface area contributed by atoms with E-state index in [1.807, 2.05) is 30.1 Å². The second-order valence-electron chi connectivity index (χ2n) is 6.08. The lowest BCUT2D eigenvalue weighted by Gasteiger charge is -2.22. The number of carbonyl (C=O) groups excluding carboxylic acids is 1. The first-order valence-electron chi connectivity index (χ1n) is 7.85. The molecule has 1 aromatic rings. The number of nitrogens with zero attached hydrogens (tertiary/aromatic N) is 1. The van der Waals surface area contributed by atoms with Crippen LogP contribution in [-0.4, -0.2) is 31.1 Å². The maximum absolute atomic E-state index is 12.3. The number of fused-ring (bicyclic) bond motifs is 1. The van der Waals surface area contributed by atoms with E-state index in [0.717, 1.165) is 17.1 Å². The Kier molecular flexibility index (Phi) is 4.32. The Hall–Kier alpha value is -1.71. The molecule has 1 saturated carbocycles. The number of carbonyl (C=O) groups is 1. The van der Waals surface area contributed by atoms with Gasteiger partial charge in [-0.1, -0.05) is 18.9 Å². The van der Waals surface area contributed by atoms with E-state index >= 15 is 0 Å². The molecule has 4 nitrogen and oxygen atoms in total. The van der Waals surface area contributed by atoms with Gasteiger partial charge < -0.3 is 14.4 Å². The van der Waals surface area contributed by atoms with Crippen LogP contribution in [0.5, 0.6) is 11.5 Å². The maximum Gasteiger partial charge on any atom is 0.222 e. The molecule has 0 aromatic heterocycles. The third-order valence-corrected chi connectivity index (χ3v) is 4.39. The molecule has 21 heavy (non-hydrogen) atoms. The van der Waals surface area contributed by atoms with Gasteiger partial charge in [0.05, 0.1) is 0 Å². The molecule has 3 rings (SSSR count). The molecule has 0 N–H and O–H groups in total. The van der Waals surface area contributed by atoms with E-state index in [2.05, 4.69) is 0 Å². The van der Waals surface area contributed by atoms with Gasteiger partial charge in [-0.05, 0) is 36.5 Å². The molecular formula is C17H23NO3. The van der Waals surface area contributed by atoms with E-state index in [1.165, 1.54) is 25.7 Å². The highest BCUT2D eigenvalue weighted by Crippen LogP contribution is 2.31. The third kappa shape index (κ3) is 3.49. The minimum atomic E-state index is 0.247. The lowest BCUT2D eigenvalue weighted by Crippen LogP contribution is -2.27. The normalized spacial score (nSPS) is 17.8. The van der Waals surface area contributed by atoms with Crippen LogP contribution < -0.4 is 9.47 Å². The van der Waals surface area contributed by atoms with E-state index in [4.69, 9.17) is 9.47 Å². The molecule has 0 spiro atoms. The van der Waals surface area contributed by atoms with Crippen molar-refractivity contribution in [2.24, 2.45) is 5.92 Å². The smallest absolute Gasteiger partial charge is 0.222 e. The maximum atomic E-state index is 12.3. The Balaban J connectivity index is 1.58. The van der Waals surface area contributed by atoms with E-state index in [0.29, 0.717) is 32.1 Å². The van der Waals surface area contributed by atoms with E-state index in [9.17, 15) is 4.79 Å². The lowest BCUT2D eigenvalue weighted by atomic mass is 10.0. The summed E-state index contributed by atoms with van der Waals surface area (Å²) in [5.41, 5.74) is 1.08. The van der Waals surface area contributed by atoms with Gasteiger partial charge in [0.15, 0.2) is 11.5 Å². The van der Waals surface area contributed by atoms with Crippen molar-refractivity contribution in [1.82, 2.24) is 4.90 Å². The van der Waals surface area contributed by atoms with Crippen molar-refractivity contribution in [2.75, 3.05) is 20.3 Å². The van der Waals surface area contributed by atoms with Gasteiger partial charge in [0.1, 0.15) is 13.2 Å². The van der Waals surface area contributed by atoms with E-state index < -0.39 is 0 Å². The van der Waals surface area contributed by atoms with Crippen LogP contribution in [0, 0.1) is 5.92 Å². The van der Waals surface area contributed by atoms with E-state index in [1.54, 1.807) is 0 Å². The van der Waals surface area contributed by atoms with Crippen molar-refractivity contribution in [3.63, 3.8) is 0 Å². The monoisotopic (exact) mass is 289 g/mol. The summed E-state index contributed by atoms with van der Waals surface area (Å²) >= 11 is 0. The molecule has 1 aliphatic heterocycles. The van der Waals surface area contributed by atoms with Gasteiger partial charge in [-0.3, -0.25) is 4.79 Å². The molecular weight excluding hydrogens is 266 g/mol. The van der Waals surface area contributed by atoms with Crippen LogP contribution in [0.3, 0.4) is 0 Å². The number of benzene rings is 1. The average molecular weight is 289 g/mol. The Morgan fingerprint density at radius 2 is 1.90 bits per heavy atom. The van der Waals surface area contributed by atoms with Crippen molar-refractivity contribution in [3.05, 3.63) is 23.8 Å². The van der Waals surface area contributed by atoms with Gasteiger partial charge in [-0.25, -0.2) is 0 Å². The highest BCUT2D eigenvalue weighted by Gasteiger charge is 2.21. The first kappa shape index (κ1) is 14.2. The van der Waals surface area contributed by atoms with Crippen molar-refractivity contribution < 1.29 is 14.3 Å². The highest BCUT2D eigenvalue weighted by atomic mass is 16.6. The Morgan fingerprint density at radius 1 is 1.19 bits per heavy atom. The summed E-state index contributed by atoms with van der Waals surface area (Å²) in [5.74, 6) is 2.43. The minimum absolute atomic E-state index is 0.247. The average Bonchev–Trinajstić information content (AvgIpc) is 3.00. The van der Waals surface area contributed by atoms with Crippen LogP contribution in [-0.2, 0) is 11.3 Å². The van der Waals surface area contributed by atoms with Crippen LogP contribution in [0.4, 0.5) is 0 Å². The molecule has 2 aliphatic rings. The largest absolute Gasteiger partial charge is 0.486 e. The van der Waals surface area contributed by atoms with Crippen LogP contribution in [0.1, 0.15) is 37.7 Å². The molecule has 0 atom stereocenters. The predicted molar refractivity (Wildman–Crippen MR) is 80.5 cm³/mol. The highest BCUT2D eigenvalue weighted by molar-refractivity contribution is 5.76. The second kappa shape index (κ2) is 6.37. The van der Waals surface area contributed by atoms with Crippen LogP contribution in [0.15, 0.2) is 18.2 Å². The molecule has 0 unspecified atom stereocenters. The van der Waals surface area contributed by atoms with Crippen LogP contribution in [0.2, 0.25) is 0 Å². The first-order chi connectivity index (χ1) is 10.2. The summed E-state index contributed by atoms with van der Waals surface area (Å²) in [4.78, 5) is 14.1. The van der Waals surface area contributed by atoms with E-state index in [-0.39, 0.29) is 5.91 Å². The molecule has 1 aromatic carbocycles. The number of ether oxygens (including phenoxy) is 2. The summed E-state index contributed by atoms with van der Waals surface area (Å²) in [5, 5.41) is 0. The molecule has 1 fully saturated rings. The number of amides is 1. The molecule has 1 heterocycles. The molecule has 0 radical (unpaired) electrons. The van der Waals surface area contributed by atoms with Crippen molar-refractivity contribution in [1.29, 1.82) is 0 Å². The van der Waals surface area contributed by atoms with Crippen molar-refractivity contribution in [3.8, 4) is 11.5 Å². The Labute approximate surface area is 126 Å². The second-order valence-corrected chi connectivity index (χ2v) is 6.08. The van der Waals surface area contributed by atoms with Gasteiger partial charge >= 0.3 is 0 Å². The summed E-state index contributed by atoms with van der Waals surface area (Å²) < 4.78 is 11.1. The molecule has 0 saturated heterocycles. The SMILES string of the molecule is CN(Cc1ccc2c(c1)OCCO2)C(=O)CC1CCCC1. The summed E-state index contributed by atoms with van der Waals surface area (Å²) in [6.07, 6.45) is 5.68. The first-order valence-corrected chi connectivity index (χ1v) is 7.85. The fourth-order valence-electron chi connectivity index (χ4n) is 3.17. The minimum Gasteiger partial charge on any atom is -0.486 e. The van der Waals surface area contributed by atoms with Crippen LogP contribution >= 0.6 is 0 Å². The number of hydrogen-bond donors (Lipinski definition) is 0.